The minimum atomic E-state index is -0.642. The highest BCUT2D eigenvalue weighted by atomic mass is 16.3. The average Bonchev–Trinajstić information content (AvgIpc) is 3.13. The first-order chi connectivity index (χ1) is 15.5. The zero-order chi connectivity index (χ0) is 24.1. The highest BCUT2D eigenvalue weighted by molar-refractivity contribution is 5.92. The summed E-state index contributed by atoms with van der Waals surface area (Å²) >= 11 is 0. The molecule has 0 aliphatic carbocycles. The van der Waals surface area contributed by atoms with Gasteiger partial charge in [0, 0.05) is 41.8 Å². The van der Waals surface area contributed by atoms with Crippen molar-refractivity contribution in [3.05, 3.63) is 57.0 Å². The number of hydrogen-bond acceptors (Lipinski definition) is 3. The molecule has 0 saturated carbocycles. The maximum absolute atomic E-state index is 12.4. The van der Waals surface area contributed by atoms with Crippen LogP contribution in [-0.4, -0.2) is 44.8 Å². The van der Waals surface area contributed by atoms with Gasteiger partial charge in [0.15, 0.2) is 0 Å². The van der Waals surface area contributed by atoms with Crippen molar-refractivity contribution in [1.29, 1.82) is 0 Å². The molecule has 1 aliphatic rings. The number of aromatic nitrogens is 2. The molecule has 5 heteroatoms. The monoisotopic (exact) mass is 449 g/mol. The van der Waals surface area contributed by atoms with Crippen molar-refractivity contribution >= 4 is 10.9 Å². The Balaban J connectivity index is 1.72. The summed E-state index contributed by atoms with van der Waals surface area (Å²) in [5.74, 6) is 0.905. The Hall–Kier alpha value is -2.37. The smallest absolute Gasteiger partial charge is 0.253 e. The van der Waals surface area contributed by atoms with E-state index in [0.29, 0.717) is 11.8 Å². The number of likely N-dealkylation sites (tertiary alicyclic amines) is 1. The van der Waals surface area contributed by atoms with Gasteiger partial charge in [0.1, 0.15) is 0 Å². The van der Waals surface area contributed by atoms with E-state index in [1.165, 1.54) is 16.5 Å². The average molecular weight is 450 g/mol. The maximum atomic E-state index is 12.4. The highest BCUT2D eigenvalue weighted by Crippen LogP contribution is 2.39. The molecule has 1 aliphatic heterocycles. The van der Waals surface area contributed by atoms with Crippen LogP contribution in [-0.2, 0) is 7.05 Å². The molecule has 2 aromatic heterocycles. The quantitative estimate of drug-likeness (QED) is 0.561. The van der Waals surface area contributed by atoms with Gasteiger partial charge in [-0.15, -0.1) is 0 Å². The SMILES string of the molecule is Cc1c(-c2[nH]c3ccc(C4CCN(CC(C)(C)O)CC4)cc3c2C(C)C)cn(C)c(=O)c1C. The normalized spacial score (nSPS) is 16.3. The predicted molar refractivity (Wildman–Crippen MR) is 137 cm³/mol. The lowest BCUT2D eigenvalue weighted by molar-refractivity contribution is 0.0282. The predicted octanol–water partition coefficient (Wildman–Crippen LogP) is 5.22. The lowest BCUT2D eigenvalue weighted by atomic mass is 9.87. The van der Waals surface area contributed by atoms with E-state index < -0.39 is 5.60 Å². The zero-order valence-corrected chi connectivity index (χ0v) is 21.2. The van der Waals surface area contributed by atoms with Crippen LogP contribution in [0.5, 0.6) is 0 Å². The van der Waals surface area contributed by atoms with Crippen LogP contribution in [0.1, 0.15) is 74.6 Å². The second-order valence-corrected chi connectivity index (χ2v) is 10.9. The van der Waals surface area contributed by atoms with E-state index in [0.717, 1.165) is 60.4 Å². The second-order valence-electron chi connectivity index (χ2n) is 10.9. The number of β-amino-alcohol motifs (C(OH)–C–C–N with tert-alkyl or cyclic N) is 1. The Kier molecular flexibility index (Phi) is 6.32. The maximum Gasteiger partial charge on any atom is 0.253 e. The summed E-state index contributed by atoms with van der Waals surface area (Å²) < 4.78 is 1.69. The van der Waals surface area contributed by atoms with Crippen molar-refractivity contribution in [2.45, 2.75) is 71.8 Å². The Morgan fingerprint density at radius 2 is 1.82 bits per heavy atom. The molecule has 0 amide bonds. The molecule has 33 heavy (non-hydrogen) atoms. The van der Waals surface area contributed by atoms with Gasteiger partial charge in [0.2, 0.25) is 0 Å². The number of nitrogens with one attached hydrogen (secondary N) is 1. The molecule has 0 unspecified atom stereocenters. The van der Waals surface area contributed by atoms with Crippen molar-refractivity contribution in [2.24, 2.45) is 7.05 Å². The number of pyridine rings is 1. The van der Waals surface area contributed by atoms with Gasteiger partial charge in [-0.3, -0.25) is 4.79 Å². The number of H-pyrrole nitrogens is 1. The highest BCUT2D eigenvalue weighted by Gasteiger charge is 2.26. The van der Waals surface area contributed by atoms with E-state index in [4.69, 9.17) is 0 Å². The molecule has 5 nitrogen and oxygen atoms in total. The molecule has 178 valence electrons. The number of nitrogens with zero attached hydrogens (tertiary/aromatic N) is 2. The Morgan fingerprint density at radius 1 is 1.15 bits per heavy atom. The Morgan fingerprint density at radius 3 is 2.42 bits per heavy atom. The fourth-order valence-electron chi connectivity index (χ4n) is 5.50. The van der Waals surface area contributed by atoms with Gasteiger partial charge in [-0.05, 0) is 94.3 Å². The molecule has 0 radical (unpaired) electrons. The van der Waals surface area contributed by atoms with Gasteiger partial charge in [0.25, 0.3) is 5.56 Å². The third-order valence-electron chi connectivity index (χ3n) is 7.31. The summed E-state index contributed by atoms with van der Waals surface area (Å²) in [5.41, 5.74) is 7.41. The summed E-state index contributed by atoms with van der Waals surface area (Å²) in [6, 6.07) is 6.90. The van der Waals surface area contributed by atoms with Gasteiger partial charge in [0.05, 0.1) is 11.3 Å². The van der Waals surface area contributed by atoms with E-state index >= 15 is 0 Å². The molecule has 1 saturated heterocycles. The fourth-order valence-corrected chi connectivity index (χ4v) is 5.50. The summed E-state index contributed by atoms with van der Waals surface area (Å²) in [6.45, 7) is 15.0. The van der Waals surface area contributed by atoms with Crippen LogP contribution >= 0.6 is 0 Å². The minimum absolute atomic E-state index is 0.0664. The number of aryl methyl sites for hydroxylation is 1. The standard InChI is InChI=1S/C28H39N3O2/c1-17(2)25-22-14-21(20-10-12-31(13-11-20)16-28(5,6)33)8-9-24(22)29-26(25)23-15-30(7)27(32)19(4)18(23)3/h8-9,14-15,17,20,29,33H,10-13,16H2,1-7H3. The minimum Gasteiger partial charge on any atom is -0.389 e. The van der Waals surface area contributed by atoms with Crippen LogP contribution in [0, 0.1) is 13.8 Å². The van der Waals surface area contributed by atoms with Crippen LogP contribution < -0.4 is 5.56 Å². The molecule has 0 atom stereocenters. The number of piperidine rings is 1. The van der Waals surface area contributed by atoms with Crippen molar-refractivity contribution in [2.75, 3.05) is 19.6 Å². The van der Waals surface area contributed by atoms with Gasteiger partial charge < -0.3 is 19.6 Å². The van der Waals surface area contributed by atoms with Crippen molar-refractivity contribution in [3.8, 4) is 11.3 Å². The van der Waals surface area contributed by atoms with E-state index in [1.807, 2.05) is 34.0 Å². The topological polar surface area (TPSA) is 61.3 Å². The Bertz CT molecular complexity index is 1220. The van der Waals surface area contributed by atoms with Crippen LogP contribution in [0.15, 0.2) is 29.2 Å². The fraction of sp³-hybridized carbons (Fsp3) is 0.536. The Labute approximate surface area is 197 Å². The molecular formula is C28H39N3O2. The number of rotatable bonds is 5. The van der Waals surface area contributed by atoms with E-state index in [2.05, 4.69) is 48.9 Å². The molecular weight excluding hydrogens is 410 g/mol. The van der Waals surface area contributed by atoms with Crippen LogP contribution in [0.2, 0.25) is 0 Å². The van der Waals surface area contributed by atoms with Gasteiger partial charge in [-0.25, -0.2) is 0 Å². The molecule has 0 bridgehead atoms. The third kappa shape index (κ3) is 4.67. The lowest BCUT2D eigenvalue weighted by Gasteiger charge is -2.35. The second kappa shape index (κ2) is 8.77. The molecule has 3 heterocycles. The van der Waals surface area contributed by atoms with Crippen molar-refractivity contribution < 1.29 is 5.11 Å². The number of benzene rings is 1. The third-order valence-corrected chi connectivity index (χ3v) is 7.31. The molecule has 1 aromatic carbocycles. The van der Waals surface area contributed by atoms with Gasteiger partial charge in [-0.1, -0.05) is 19.9 Å². The largest absolute Gasteiger partial charge is 0.389 e. The zero-order valence-electron chi connectivity index (χ0n) is 21.2. The van der Waals surface area contributed by atoms with Crippen LogP contribution in [0.4, 0.5) is 0 Å². The molecule has 4 rings (SSSR count). The first-order valence-electron chi connectivity index (χ1n) is 12.2. The number of aliphatic hydroxyl groups is 1. The van der Waals surface area contributed by atoms with Crippen LogP contribution in [0.25, 0.3) is 22.2 Å². The van der Waals surface area contributed by atoms with Gasteiger partial charge in [-0.2, -0.15) is 0 Å². The van der Waals surface area contributed by atoms with E-state index in [-0.39, 0.29) is 5.56 Å². The summed E-state index contributed by atoms with van der Waals surface area (Å²) in [5, 5.41) is 11.4. The molecule has 2 N–H and O–H groups in total. The number of aromatic amines is 1. The van der Waals surface area contributed by atoms with Gasteiger partial charge >= 0.3 is 0 Å². The molecule has 3 aromatic rings. The molecule has 1 fully saturated rings. The number of fused-ring (bicyclic) bond motifs is 1. The molecule has 0 spiro atoms. The van der Waals surface area contributed by atoms with Crippen molar-refractivity contribution in [1.82, 2.24) is 14.5 Å². The van der Waals surface area contributed by atoms with E-state index in [1.54, 1.807) is 4.57 Å². The summed E-state index contributed by atoms with van der Waals surface area (Å²) in [6.07, 6.45) is 4.21. The number of hydrogen-bond donors (Lipinski definition) is 2. The summed E-state index contributed by atoms with van der Waals surface area (Å²) in [4.78, 5) is 18.5. The van der Waals surface area contributed by atoms with Crippen LogP contribution in [0.3, 0.4) is 0 Å². The van der Waals surface area contributed by atoms with Crippen molar-refractivity contribution in [3.63, 3.8) is 0 Å². The lowest BCUT2D eigenvalue weighted by Crippen LogP contribution is -2.42. The summed E-state index contributed by atoms with van der Waals surface area (Å²) in [7, 11) is 1.83. The first-order valence-corrected chi connectivity index (χ1v) is 12.2. The first kappa shape index (κ1) is 23.8. The van der Waals surface area contributed by atoms with E-state index in [9.17, 15) is 9.90 Å².